The number of hydrogen-bond donors (Lipinski definition) is 2. The van der Waals surface area contributed by atoms with Crippen molar-refractivity contribution in [3.8, 4) is 0 Å². The van der Waals surface area contributed by atoms with Crippen molar-refractivity contribution in [2.24, 2.45) is 5.92 Å². The van der Waals surface area contributed by atoms with Crippen LogP contribution in [0.2, 0.25) is 0 Å². The van der Waals surface area contributed by atoms with Crippen LogP contribution in [0.1, 0.15) is 33.1 Å². The minimum absolute atomic E-state index is 0.118. The van der Waals surface area contributed by atoms with E-state index in [0.717, 1.165) is 25.9 Å². The maximum absolute atomic E-state index is 12.1. The molecule has 0 spiro atoms. The van der Waals surface area contributed by atoms with E-state index in [1.807, 2.05) is 20.9 Å². The largest absolute Gasteiger partial charge is 0.467 e. The molecule has 1 heterocycles. The standard InChI is InChI=1S/C15H29N3O3/c1-11(2)9-13(15(20)21-4)17-14(19)10-18(3)12-5-7-16-8-6-12/h11-13,16H,5-10H2,1-4H3,(H,17,19). The number of esters is 1. The lowest BCUT2D eigenvalue weighted by Crippen LogP contribution is -2.49. The van der Waals surface area contributed by atoms with Crippen LogP contribution in [-0.4, -0.2) is 62.7 Å². The van der Waals surface area contributed by atoms with Gasteiger partial charge in [0.15, 0.2) is 0 Å². The average Bonchev–Trinajstić information content (AvgIpc) is 2.46. The second kappa shape index (κ2) is 9.00. The molecule has 0 aromatic heterocycles. The Kier molecular flexibility index (Phi) is 7.67. The number of likely N-dealkylation sites (N-methyl/N-ethyl adjacent to an activating group) is 1. The van der Waals surface area contributed by atoms with Crippen molar-refractivity contribution < 1.29 is 14.3 Å². The Morgan fingerprint density at radius 2 is 1.95 bits per heavy atom. The molecule has 1 aliphatic heterocycles. The van der Waals surface area contributed by atoms with Gasteiger partial charge in [-0.1, -0.05) is 13.8 Å². The van der Waals surface area contributed by atoms with Gasteiger partial charge in [-0.15, -0.1) is 0 Å². The van der Waals surface area contributed by atoms with E-state index in [-0.39, 0.29) is 11.9 Å². The third-order valence-corrected chi connectivity index (χ3v) is 3.85. The summed E-state index contributed by atoms with van der Waals surface area (Å²) in [6.07, 6.45) is 2.70. The zero-order chi connectivity index (χ0) is 15.8. The first kappa shape index (κ1) is 17.9. The molecule has 6 heteroatoms. The normalized spacial score (nSPS) is 17.8. The third-order valence-electron chi connectivity index (χ3n) is 3.85. The summed E-state index contributed by atoms with van der Waals surface area (Å²) in [5, 5.41) is 6.11. The highest BCUT2D eigenvalue weighted by Gasteiger charge is 2.25. The quantitative estimate of drug-likeness (QED) is 0.665. The highest BCUT2D eigenvalue weighted by molar-refractivity contribution is 5.85. The molecule has 1 unspecified atom stereocenters. The van der Waals surface area contributed by atoms with Gasteiger partial charge < -0.3 is 15.4 Å². The first-order chi connectivity index (χ1) is 9.93. The van der Waals surface area contributed by atoms with E-state index in [2.05, 4.69) is 15.5 Å². The molecule has 1 saturated heterocycles. The lowest BCUT2D eigenvalue weighted by Gasteiger charge is -2.31. The van der Waals surface area contributed by atoms with E-state index in [0.29, 0.717) is 24.9 Å². The SMILES string of the molecule is COC(=O)C(CC(C)C)NC(=O)CN(C)C1CCNCC1. The van der Waals surface area contributed by atoms with Gasteiger partial charge in [-0.3, -0.25) is 9.69 Å². The van der Waals surface area contributed by atoms with Crippen LogP contribution >= 0.6 is 0 Å². The molecule has 21 heavy (non-hydrogen) atoms. The molecule has 1 amide bonds. The number of nitrogens with one attached hydrogen (secondary N) is 2. The van der Waals surface area contributed by atoms with E-state index >= 15 is 0 Å². The number of ether oxygens (including phenoxy) is 1. The summed E-state index contributed by atoms with van der Waals surface area (Å²) in [7, 11) is 3.31. The van der Waals surface area contributed by atoms with Crippen LogP contribution in [0.5, 0.6) is 0 Å². The fourth-order valence-electron chi connectivity index (χ4n) is 2.67. The lowest BCUT2D eigenvalue weighted by molar-refractivity contribution is -0.145. The van der Waals surface area contributed by atoms with Crippen molar-refractivity contribution in [2.75, 3.05) is 33.8 Å². The Balaban J connectivity index is 2.46. The summed E-state index contributed by atoms with van der Waals surface area (Å²) in [4.78, 5) is 25.9. The molecule has 1 atom stereocenters. The number of carbonyl (C=O) groups is 2. The van der Waals surface area contributed by atoms with Crippen LogP contribution in [-0.2, 0) is 14.3 Å². The van der Waals surface area contributed by atoms with E-state index in [9.17, 15) is 9.59 Å². The van der Waals surface area contributed by atoms with Crippen LogP contribution in [0.3, 0.4) is 0 Å². The minimum Gasteiger partial charge on any atom is -0.467 e. The minimum atomic E-state index is -0.552. The second-order valence-corrected chi connectivity index (χ2v) is 6.17. The average molecular weight is 299 g/mol. The van der Waals surface area contributed by atoms with Crippen LogP contribution in [0, 0.1) is 5.92 Å². The van der Waals surface area contributed by atoms with Crippen LogP contribution in [0.4, 0.5) is 0 Å². The maximum Gasteiger partial charge on any atom is 0.328 e. The molecular weight excluding hydrogens is 270 g/mol. The summed E-state index contributed by atoms with van der Waals surface area (Å²) in [5.41, 5.74) is 0. The highest BCUT2D eigenvalue weighted by atomic mass is 16.5. The summed E-state index contributed by atoms with van der Waals surface area (Å²) in [5.74, 6) is -0.176. The summed E-state index contributed by atoms with van der Waals surface area (Å²) in [6, 6.07) is -0.123. The fraction of sp³-hybridized carbons (Fsp3) is 0.867. The number of rotatable bonds is 7. The predicted molar refractivity (Wildman–Crippen MR) is 81.9 cm³/mol. The van der Waals surface area contributed by atoms with Gasteiger partial charge in [0.25, 0.3) is 0 Å². The summed E-state index contributed by atoms with van der Waals surface area (Å²) in [6.45, 7) is 6.34. The van der Waals surface area contributed by atoms with Crippen LogP contribution in [0.25, 0.3) is 0 Å². The molecule has 6 nitrogen and oxygen atoms in total. The van der Waals surface area contributed by atoms with Crippen molar-refractivity contribution in [1.82, 2.24) is 15.5 Å². The zero-order valence-electron chi connectivity index (χ0n) is 13.6. The second-order valence-electron chi connectivity index (χ2n) is 6.17. The molecule has 0 bridgehead atoms. The third kappa shape index (κ3) is 6.44. The number of nitrogens with zero attached hydrogens (tertiary/aromatic N) is 1. The molecule has 0 aliphatic carbocycles. The molecule has 0 radical (unpaired) electrons. The Bertz CT molecular complexity index is 341. The molecule has 0 aromatic rings. The van der Waals surface area contributed by atoms with E-state index in [1.54, 1.807) is 0 Å². The Morgan fingerprint density at radius 1 is 1.33 bits per heavy atom. The molecule has 0 aromatic carbocycles. The number of methoxy groups -OCH3 is 1. The highest BCUT2D eigenvalue weighted by Crippen LogP contribution is 2.10. The lowest BCUT2D eigenvalue weighted by atomic mass is 10.0. The number of amides is 1. The zero-order valence-corrected chi connectivity index (χ0v) is 13.6. The van der Waals surface area contributed by atoms with Crippen molar-refractivity contribution in [3.63, 3.8) is 0 Å². The fourth-order valence-corrected chi connectivity index (χ4v) is 2.67. The van der Waals surface area contributed by atoms with Gasteiger partial charge in [0.2, 0.25) is 5.91 Å². The van der Waals surface area contributed by atoms with Gasteiger partial charge in [0, 0.05) is 6.04 Å². The first-order valence-corrected chi connectivity index (χ1v) is 7.72. The molecular formula is C15H29N3O3. The van der Waals surface area contributed by atoms with Crippen molar-refractivity contribution in [1.29, 1.82) is 0 Å². The first-order valence-electron chi connectivity index (χ1n) is 7.72. The van der Waals surface area contributed by atoms with E-state index < -0.39 is 6.04 Å². The van der Waals surface area contributed by atoms with Gasteiger partial charge >= 0.3 is 5.97 Å². The van der Waals surface area contributed by atoms with E-state index in [4.69, 9.17) is 4.74 Å². The van der Waals surface area contributed by atoms with Gasteiger partial charge in [-0.05, 0) is 45.3 Å². The van der Waals surface area contributed by atoms with Crippen molar-refractivity contribution >= 4 is 11.9 Å². The smallest absolute Gasteiger partial charge is 0.328 e. The van der Waals surface area contributed by atoms with Gasteiger partial charge in [-0.25, -0.2) is 4.79 Å². The van der Waals surface area contributed by atoms with Crippen LogP contribution in [0.15, 0.2) is 0 Å². The number of hydrogen-bond acceptors (Lipinski definition) is 5. The number of piperidine rings is 1. The Morgan fingerprint density at radius 3 is 2.48 bits per heavy atom. The molecule has 0 saturated carbocycles. The maximum atomic E-state index is 12.1. The predicted octanol–water partition coefficient (Wildman–Crippen LogP) is 0.374. The number of carbonyl (C=O) groups excluding carboxylic acids is 2. The molecule has 2 N–H and O–H groups in total. The molecule has 1 rings (SSSR count). The van der Waals surface area contributed by atoms with Crippen LogP contribution < -0.4 is 10.6 Å². The summed E-state index contributed by atoms with van der Waals surface area (Å²) >= 11 is 0. The summed E-state index contributed by atoms with van der Waals surface area (Å²) < 4.78 is 4.76. The Labute approximate surface area is 127 Å². The molecule has 1 aliphatic rings. The molecule has 1 fully saturated rings. The van der Waals surface area contributed by atoms with E-state index in [1.165, 1.54) is 7.11 Å². The monoisotopic (exact) mass is 299 g/mol. The van der Waals surface area contributed by atoms with Crippen molar-refractivity contribution in [3.05, 3.63) is 0 Å². The Hall–Kier alpha value is -1.14. The topological polar surface area (TPSA) is 70.7 Å². The van der Waals surface area contributed by atoms with Gasteiger partial charge in [-0.2, -0.15) is 0 Å². The van der Waals surface area contributed by atoms with Crippen molar-refractivity contribution in [2.45, 2.75) is 45.2 Å². The van der Waals surface area contributed by atoms with Gasteiger partial charge in [0.1, 0.15) is 6.04 Å². The molecule has 122 valence electrons. The van der Waals surface area contributed by atoms with Gasteiger partial charge in [0.05, 0.1) is 13.7 Å².